The largest absolute Gasteiger partial charge is 0.369 e. The molecule has 20 heavy (non-hydrogen) atoms. The van der Waals surface area contributed by atoms with Gasteiger partial charge in [-0.05, 0) is 39.5 Å². The van der Waals surface area contributed by atoms with Crippen LogP contribution in [-0.2, 0) is 0 Å². The van der Waals surface area contributed by atoms with E-state index < -0.39 is 0 Å². The maximum atomic E-state index is 12.6. The van der Waals surface area contributed by atoms with Gasteiger partial charge in [-0.15, -0.1) is 0 Å². The Morgan fingerprint density at radius 2 is 2.05 bits per heavy atom. The van der Waals surface area contributed by atoms with Gasteiger partial charge in [-0.1, -0.05) is 6.92 Å². The third kappa shape index (κ3) is 3.26. The smallest absolute Gasteiger partial charge is 0.274 e. The molecule has 1 aromatic rings. The predicted octanol–water partition coefficient (Wildman–Crippen LogP) is 2.70. The number of carbonyl (C=O) groups is 1. The van der Waals surface area contributed by atoms with E-state index in [9.17, 15) is 4.79 Å². The van der Waals surface area contributed by atoms with Crippen LogP contribution in [0.15, 0.2) is 12.4 Å². The lowest BCUT2D eigenvalue weighted by Crippen LogP contribution is -2.47. The first-order valence-electron chi connectivity index (χ1n) is 7.52. The Labute approximate surface area is 120 Å². The summed E-state index contributed by atoms with van der Waals surface area (Å²) < 4.78 is 0. The van der Waals surface area contributed by atoms with Gasteiger partial charge < -0.3 is 10.2 Å². The first kappa shape index (κ1) is 14.8. The van der Waals surface area contributed by atoms with Gasteiger partial charge in [0, 0.05) is 18.6 Å². The van der Waals surface area contributed by atoms with Crippen molar-refractivity contribution in [3.63, 3.8) is 0 Å². The fraction of sp³-hybridized carbons (Fsp3) is 0.667. The third-order valence-electron chi connectivity index (χ3n) is 3.84. The number of rotatable bonds is 4. The molecule has 0 bridgehead atoms. The van der Waals surface area contributed by atoms with Crippen molar-refractivity contribution in [3.05, 3.63) is 18.1 Å². The van der Waals surface area contributed by atoms with E-state index >= 15 is 0 Å². The summed E-state index contributed by atoms with van der Waals surface area (Å²) in [6, 6.07) is 0.556. The first-order chi connectivity index (χ1) is 9.63. The average Bonchev–Trinajstić information content (AvgIpc) is 2.45. The molecule has 0 spiro atoms. The summed E-state index contributed by atoms with van der Waals surface area (Å²) in [5.74, 6) is 0.673. The van der Waals surface area contributed by atoms with Crippen LogP contribution in [0.3, 0.4) is 0 Å². The van der Waals surface area contributed by atoms with Gasteiger partial charge in [0.2, 0.25) is 0 Å². The normalized spacial score (nSPS) is 22.6. The summed E-state index contributed by atoms with van der Waals surface area (Å²) in [6.07, 6.45) is 7.56. The van der Waals surface area contributed by atoms with Gasteiger partial charge in [0.05, 0.1) is 12.4 Å². The quantitative estimate of drug-likeness (QED) is 0.918. The standard InChI is InChI=1S/C15H24N4O/c1-4-8-17-14-10-16-9-13(18-14)15(20)19-11(2)6-5-7-12(19)3/h9-12H,4-8H2,1-3H3,(H,17,18). The van der Waals surface area contributed by atoms with Crippen LogP contribution >= 0.6 is 0 Å². The monoisotopic (exact) mass is 276 g/mol. The number of nitrogens with one attached hydrogen (secondary N) is 1. The van der Waals surface area contributed by atoms with Gasteiger partial charge in [0.15, 0.2) is 0 Å². The van der Waals surface area contributed by atoms with Crippen molar-refractivity contribution in [1.82, 2.24) is 14.9 Å². The minimum absolute atomic E-state index is 0.00246. The second-order valence-corrected chi connectivity index (χ2v) is 5.56. The van der Waals surface area contributed by atoms with E-state index in [1.54, 1.807) is 12.4 Å². The first-order valence-corrected chi connectivity index (χ1v) is 7.52. The summed E-state index contributed by atoms with van der Waals surface area (Å²) in [5.41, 5.74) is 0.437. The van der Waals surface area contributed by atoms with Gasteiger partial charge in [0.25, 0.3) is 5.91 Å². The lowest BCUT2D eigenvalue weighted by atomic mass is 9.97. The molecule has 1 fully saturated rings. The zero-order valence-corrected chi connectivity index (χ0v) is 12.6. The number of hydrogen-bond donors (Lipinski definition) is 1. The Morgan fingerprint density at radius 3 is 2.70 bits per heavy atom. The fourth-order valence-corrected chi connectivity index (χ4v) is 2.76. The number of aromatic nitrogens is 2. The molecule has 0 radical (unpaired) electrons. The summed E-state index contributed by atoms with van der Waals surface area (Å²) in [5, 5.41) is 3.17. The summed E-state index contributed by atoms with van der Waals surface area (Å²) in [7, 11) is 0. The van der Waals surface area contributed by atoms with E-state index in [2.05, 4.69) is 36.1 Å². The van der Waals surface area contributed by atoms with Crippen LogP contribution in [0.25, 0.3) is 0 Å². The van der Waals surface area contributed by atoms with Crippen LogP contribution in [-0.4, -0.2) is 39.4 Å². The Balaban J connectivity index is 2.15. The molecular weight excluding hydrogens is 252 g/mol. The van der Waals surface area contributed by atoms with E-state index in [-0.39, 0.29) is 18.0 Å². The molecule has 5 nitrogen and oxygen atoms in total. The molecule has 1 aliphatic rings. The summed E-state index contributed by atoms with van der Waals surface area (Å²) >= 11 is 0. The third-order valence-corrected chi connectivity index (χ3v) is 3.84. The molecule has 1 amide bonds. The van der Waals surface area contributed by atoms with Crippen LogP contribution in [0.4, 0.5) is 5.82 Å². The van der Waals surface area contributed by atoms with Crippen LogP contribution in [0.1, 0.15) is 56.9 Å². The highest BCUT2D eigenvalue weighted by atomic mass is 16.2. The molecule has 0 aromatic carbocycles. The number of carbonyl (C=O) groups excluding carboxylic acids is 1. The Kier molecular flexibility index (Phi) is 4.93. The van der Waals surface area contributed by atoms with Gasteiger partial charge in [-0.3, -0.25) is 9.78 Å². The highest BCUT2D eigenvalue weighted by Crippen LogP contribution is 2.24. The van der Waals surface area contributed by atoms with Crippen LogP contribution in [0.2, 0.25) is 0 Å². The Morgan fingerprint density at radius 1 is 1.35 bits per heavy atom. The van der Waals surface area contributed by atoms with Crippen molar-refractivity contribution in [3.8, 4) is 0 Å². The molecule has 1 aromatic heterocycles. The number of hydrogen-bond acceptors (Lipinski definition) is 4. The second kappa shape index (κ2) is 6.68. The number of likely N-dealkylation sites (tertiary alicyclic amines) is 1. The van der Waals surface area contributed by atoms with Crippen molar-refractivity contribution >= 4 is 11.7 Å². The van der Waals surface area contributed by atoms with E-state index in [0.717, 1.165) is 25.8 Å². The summed E-state index contributed by atoms with van der Waals surface area (Å²) in [4.78, 5) is 23.1. The van der Waals surface area contributed by atoms with Crippen LogP contribution in [0.5, 0.6) is 0 Å². The molecule has 0 aliphatic carbocycles. The minimum atomic E-state index is -0.00246. The lowest BCUT2D eigenvalue weighted by molar-refractivity contribution is 0.0504. The van der Waals surface area contributed by atoms with Crippen molar-refractivity contribution in [2.45, 2.75) is 58.5 Å². The van der Waals surface area contributed by atoms with E-state index in [1.165, 1.54) is 6.42 Å². The van der Waals surface area contributed by atoms with Crippen LogP contribution < -0.4 is 5.32 Å². The average molecular weight is 276 g/mol. The topological polar surface area (TPSA) is 58.1 Å². The molecule has 1 N–H and O–H groups in total. The molecule has 2 rings (SSSR count). The molecule has 2 heterocycles. The maximum absolute atomic E-state index is 12.6. The van der Waals surface area contributed by atoms with Gasteiger partial charge >= 0.3 is 0 Å². The number of anilines is 1. The van der Waals surface area contributed by atoms with Crippen molar-refractivity contribution in [2.24, 2.45) is 0 Å². The zero-order valence-electron chi connectivity index (χ0n) is 12.6. The SMILES string of the molecule is CCCNc1cncc(C(=O)N2C(C)CCCC2C)n1. The molecule has 2 unspecified atom stereocenters. The minimum Gasteiger partial charge on any atom is -0.369 e. The predicted molar refractivity (Wildman–Crippen MR) is 79.8 cm³/mol. The van der Waals surface area contributed by atoms with Gasteiger partial charge in [0.1, 0.15) is 11.5 Å². The Bertz CT molecular complexity index is 453. The molecule has 0 saturated carbocycles. The molecular formula is C15H24N4O. The van der Waals surface area contributed by atoms with E-state index in [0.29, 0.717) is 11.5 Å². The number of piperidine rings is 1. The van der Waals surface area contributed by atoms with Gasteiger partial charge in [-0.2, -0.15) is 0 Å². The second-order valence-electron chi connectivity index (χ2n) is 5.56. The van der Waals surface area contributed by atoms with E-state index in [4.69, 9.17) is 0 Å². The maximum Gasteiger partial charge on any atom is 0.274 e. The lowest BCUT2D eigenvalue weighted by Gasteiger charge is -2.38. The molecule has 1 saturated heterocycles. The van der Waals surface area contributed by atoms with Gasteiger partial charge in [-0.25, -0.2) is 4.98 Å². The number of amides is 1. The molecule has 2 atom stereocenters. The van der Waals surface area contributed by atoms with Crippen molar-refractivity contribution < 1.29 is 4.79 Å². The number of nitrogens with zero attached hydrogens (tertiary/aromatic N) is 3. The highest BCUT2D eigenvalue weighted by molar-refractivity contribution is 5.92. The molecule has 1 aliphatic heterocycles. The molecule has 5 heteroatoms. The van der Waals surface area contributed by atoms with Crippen molar-refractivity contribution in [1.29, 1.82) is 0 Å². The van der Waals surface area contributed by atoms with Crippen LogP contribution in [0, 0.1) is 0 Å². The molecule has 110 valence electrons. The van der Waals surface area contributed by atoms with E-state index in [1.807, 2.05) is 4.90 Å². The Hall–Kier alpha value is -1.65. The fourth-order valence-electron chi connectivity index (χ4n) is 2.76. The summed E-state index contributed by atoms with van der Waals surface area (Å²) in [6.45, 7) is 7.15. The zero-order chi connectivity index (χ0) is 14.5. The highest BCUT2D eigenvalue weighted by Gasteiger charge is 2.30. The van der Waals surface area contributed by atoms with Crippen molar-refractivity contribution in [2.75, 3.05) is 11.9 Å².